The maximum absolute atomic E-state index is 5.34. The Morgan fingerprint density at radius 2 is 1.87 bits per heavy atom. The van der Waals surface area contributed by atoms with Gasteiger partial charge in [0.2, 0.25) is 6.79 Å². The van der Waals surface area contributed by atoms with E-state index >= 15 is 0 Å². The zero-order chi connectivity index (χ0) is 10.1. The summed E-state index contributed by atoms with van der Waals surface area (Å²) in [4.78, 5) is 0. The van der Waals surface area contributed by atoms with E-state index in [1.165, 1.54) is 25.7 Å². The minimum Gasteiger partial charge on any atom is -0.454 e. The molecule has 1 heterocycles. The van der Waals surface area contributed by atoms with E-state index in [4.69, 9.17) is 9.47 Å². The van der Waals surface area contributed by atoms with Crippen molar-refractivity contribution in [1.82, 2.24) is 0 Å². The minimum atomic E-state index is 0.349. The number of hydrogen-bond donors (Lipinski definition) is 1. The molecule has 1 N–H and O–H groups in total. The number of nitrogens with one attached hydrogen (secondary N) is 1. The van der Waals surface area contributed by atoms with Gasteiger partial charge in [-0.3, -0.25) is 0 Å². The largest absolute Gasteiger partial charge is 0.454 e. The van der Waals surface area contributed by atoms with Crippen molar-refractivity contribution in [3.8, 4) is 11.5 Å². The normalized spacial score (nSPS) is 19.5. The van der Waals surface area contributed by atoms with Crippen LogP contribution in [-0.4, -0.2) is 12.8 Å². The first kappa shape index (κ1) is 8.89. The summed E-state index contributed by atoms with van der Waals surface area (Å²) in [6, 6.07) is 6.71. The summed E-state index contributed by atoms with van der Waals surface area (Å²) in [7, 11) is 0. The van der Waals surface area contributed by atoms with Gasteiger partial charge >= 0.3 is 0 Å². The van der Waals surface area contributed by atoms with Gasteiger partial charge in [0.25, 0.3) is 0 Å². The van der Waals surface area contributed by atoms with Crippen molar-refractivity contribution >= 4 is 5.69 Å². The van der Waals surface area contributed by atoms with Crippen molar-refractivity contribution in [2.75, 3.05) is 12.1 Å². The van der Waals surface area contributed by atoms with E-state index < -0.39 is 0 Å². The third-order valence-corrected chi connectivity index (χ3v) is 3.10. The molecule has 0 aromatic heterocycles. The van der Waals surface area contributed by atoms with Crippen molar-refractivity contribution in [1.29, 1.82) is 0 Å². The lowest BCUT2D eigenvalue weighted by Crippen LogP contribution is -2.14. The lowest BCUT2D eigenvalue weighted by atomic mass is 10.2. The molecular weight excluding hydrogens is 190 g/mol. The quantitative estimate of drug-likeness (QED) is 0.805. The molecule has 0 spiro atoms. The average molecular weight is 205 g/mol. The fourth-order valence-electron chi connectivity index (χ4n) is 2.29. The lowest BCUT2D eigenvalue weighted by Gasteiger charge is -2.13. The van der Waals surface area contributed by atoms with E-state index in [1.807, 2.05) is 12.1 Å². The molecule has 0 radical (unpaired) electrons. The highest BCUT2D eigenvalue weighted by atomic mass is 16.7. The molecule has 1 aromatic carbocycles. The molecule has 0 saturated heterocycles. The molecule has 1 aliphatic carbocycles. The van der Waals surface area contributed by atoms with Crippen LogP contribution in [-0.2, 0) is 0 Å². The molecule has 0 unspecified atom stereocenters. The van der Waals surface area contributed by atoms with Crippen molar-refractivity contribution in [2.45, 2.75) is 31.7 Å². The molecule has 3 heteroatoms. The van der Waals surface area contributed by atoms with Gasteiger partial charge in [-0.05, 0) is 25.0 Å². The van der Waals surface area contributed by atoms with Crippen LogP contribution in [0.25, 0.3) is 0 Å². The summed E-state index contributed by atoms with van der Waals surface area (Å²) in [5, 5.41) is 3.54. The van der Waals surface area contributed by atoms with Crippen LogP contribution in [0.3, 0.4) is 0 Å². The standard InChI is InChI=1S/C12H15NO2/c1-2-4-9(3-1)13-10-5-6-11-12(7-10)15-8-14-11/h5-7,9,13H,1-4,8H2. The van der Waals surface area contributed by atoms with E-state index in [9.17, 15) is 0 Å². The van der Waals surface area contributed by atoms with Gasteiger partial charge in [0.1, 0.15) is 0 Å². The molecule has 3 nitrogen and oxygen atoms in total. The van der Waals surface area contributed by atoms with Crippen molar-refractivity contribution in [2.24, 2.45) is 0 Å². The molecule has 1 saturated carbocycles. The summed E-state index contributed by atoms with van der Waals surface area (Å²) in [5.41, 5.74) is 1.14. The fourth-order valence-corrected chi connectivity index (χ4v) is 2.29. The van der Waals surface area contributed by atoms with Crippen LogP contribution >= 0.6 is 0 Å². The number of rotatable bonds is 2. The summed E-state index contributed by atoms with van der Waals surface area (Å²) in [6.07, 6.45) is 5.27. The topological polar surface area (TPSA) is 30.5 Å². The molecule has 3 rings (SSSR count). The van der Waals surface area contributed by atoms with Gasteiger partial charge in [0, 0.05) is 17.8 Å². The van der Waals surface area contributed by atoms with Gasteiger partial charge in [-0.15, -0.1) is 0 Å². The number of hydrogen-bond acceptors (Lipinski definition) is 3. The van der Waals surface area contributed by atoms with Crippen LogP contribution < -0.4 is 14.8 Å². The maximum Gasteiger partial charge on any atom is 0.231 e. The van der Waals surface area contributed by atoms with Crippen molar-refractivity contribution in [3.63, 3.8) is 0 Å². The van der Waals surface area contributed by atoms with Gasteiger partial charge in [-0.2, -0.15) is 0 Å². The molecule has 1 aliphatic heterocycles. The van der Waals surface area contributed by atoms with Crippen LogP contribution in [0.15, 0.2) is 18.2 Å². The minimum absolute atomic E-state index is 0.349. The SMILES string of the molecule is c1cc2c(cc1NC1CCCC1)OCO2. The third kappa shape index (κ3) is 1.74. The summed E-state index contributed by atoms with van der Waals surface area (Å²) < 4.78 is 10.6. The van der Waals surface area contributed by atoms with Gasteiger partial charge in [-0.25, -0.2) is 0 Å². The Bertz CT molecular complexity index is 359. The predicted molar refractivity (Wildman–Crippen MR) is 58.4 cm³/mol. The first-order chi connectivity index (χ1) is 7.42. The Kier molecular flexibility index (Phi) is 2.16. The van der Waals surface area contributed by atoms with Gasteiger partial charge in [0.05, 0.1) is 0 Å². The summed E-state index contributed by atoms with van der Waals surface area (Å²) in [5.74, 6) is 1.71. The zero-order valence-corrected chi connectivity index (χ0v) is 8.66. The second kappa shape index (κ2) is 3.65. The van der Waals surface area contributed by atoms with E-state index in [1.54, 1.807) is 0 Å². The van der Waals surface area contributed by atoms with Crippen LogP contribution in [0, 0.1) is 0 Å². The molecule has 0 bridgehead atoms. The molecule has 1 fully saturated rings. The molecule has 15 heavy (non-hydrogen) atoms. The average Bonchev–Trinajstić information content (AvgIpc) is 2.87. The predicted octanol–water partition coefficient (Wildman–Crippen LogP) is 2.77. The Morgan fingerprint density at radius 1 is 1.07 bits per heavy atom. The monoisotopic (exact) mass is 205 g/mol. The molecular formula is C12H15NO2. The molecule has 1 aromatic rings. The molecule has 0 amide bonds. The van der Waals surface area contributed by atoms with Crippen molar-refractivity contribution in [3.05, 3.63) is 18.2 Å². The lowest BCUT2D eigenvalue weighted by molar-refractivity contribution is 0.174. The van der Waals surface area contributed by atoms with E-state index in [2.05, 4.69) is 11.4 Å². The van der Waals surface area contributed by atoms with Crippen LogP contribution in [0.5, 0.6) is 11.5 Å². The Hall–Kier alpha value is -1.38. The van der Waals surface area contributed by atoms with Crippen molar-refractivity contribution < 1.29 is 9.47 Å². The van der Waals surface area contributed by atoms with E-state index in [0.29, 0.717) is 12.8 Å². The van der Waals surface area contributed by atoms with Gasteiger partial charge < -0.3 is 14.8 Å². The van der Waals surface area contributed by atoms with Gasteiger partial charge in [0.15, 0.2) is 11.5 Å². The van der Waals surface area contributed by atoms with E-state index in [-0.39, 0.29) is 0 Å². The smallest absolute Gasteiger partial charge is 0.231 e. The Labute approximate surface area is 89.4 Å². The Balaban J connectivity index is 1.75. The fraction of sp³-hybridized carbons (Fsp3) is 0.500. The highest BCUT2D eigenvalue weighted by molar-refractivity contribution is 5.56. The van der Waals surface area contributed by atoms with Crippen LogP contribution in [0.2, 0.25) is 0 Å². The Morgan fingerprint density at radius 3 is 2.73 bits per heavy atom. The molecule has 2 aliphatic rings. The van der Waals surface area contributed by atoms with Crippen LogP contribution in [0.1, 0.15) is 25.7 Å². The van der Waals surface area contributed by atoms with E-state index in [0.717, 1.165) is 17.2 Å². The number of anilines is 1. The number of ether oxygens (including phenoxy) is 2. The molecule has 0 atom stereocenters. The first-order valence-electron chi connectivity index (χ1n) is 5.58. The second-order valence-electron chi connectivity index (χ2n) is 4.19. The highest BCUT2D eigenvalue weighted by Crippen LogP contribution is 2.35. The first-order valence-corrected chi connectivity index (χ1v) is 5.58. The summed E-state index contributed by atoms with van der Waals surface area (Å²) in [6.45, 7) is 0.349. The number of benzene rings is 1. The molecule has 80 valence electrons. The number of fused-ring (bicyclic) bond motifs is 1. The van der Waals surface area contributed by atoms with Gasteiger partial charge in [-0.1, -0.05) is 12.8 Å². The maximum atomic E-state index is 5.34. The third-order valence-electron chi connectivity index (χ3n) is 3.10. The summed E-state index contributed by atoms with van der Waals surface area (Å²) >= 11 is 0. The zero-order valence-electron chi connectivity index (χ0n) is 8.66. The second-order valence-corrected chi connectivity index (χ2v) is 4.19. The van der Waals surface area contributed by atoms with Crippen LogP contribution in [0.4, 0.5) is 5.69 Å². The highest BCUT2D eigenvalue weighted by Gasteiger charge is 2.17.